The second-order valence-electron chi connectivity index (χ2n) is 7.57. The molecule has 0 atom stereocenters. The summed E-state index contributed by atoms with van der Waals surface area (Å²) in [4.78, 5) is 16.2. The lowest BCUT2D eigenvalue weighted by atomic mass is 10.1. The monoisotopic (exact) mass is 443 g/mol. The number of aromatic carboxylic acids is 1. The Balaban J connectivity index is 1.42. The maximum Gasteiger partial charge on any atom is 0.339 e. The molecular formula is C27H25NO5. The van der Waals surface area contributed by atoms with Crippen LogP contribution in [0.3, 0.4) is 0 Å². The lowest BCUT2D eigenvalue weighted by Gasteiger charge is -2.14. The molecule has 0 aliphatic heterocycles. The third kappa shape index (κ3) is 5.41. The van der Waals surface area contributed by atoms with Gasteiger partial charge >= 0.3 is 5.97 Å². The Morgan fingerprint density at radius 3 is 2.52 bits per heavy atom. The van der Waals surface area contributed by atoms with Crippen LogP contribution >= 0.6 is 0 Å². The van der Waals surface area contributed by atoms with Crippen LogP contribution in [0.5, 0.6) is 17.2 Å². The molecule has 1 aromatic heterocycles. The molecule has 0 saturated carbocycles. The zero-order valence-corrected chi connectivity index (χ0v) is 18.6. The number of carbonyl (C=O) groups is 1. The summed E-state index contributed by atoms with van der Waals surface area (Å²) in [6.07, 6.45) is 0. The molecule has 1 N–H and O–H groups in total. The Labute approximate surface area is 192 Å². The number of ether oxygens (including phenoxy) is 3. The van der Waals surface area contributed by atoms with Crippen molar-refractivity contribution in [2.24, 2.45) is 0 Å². The molecule has 4 aromatic rings. The minimum atomic E-state index is -1.02. The lowest BCUT2D eigenvalue weighted by Crippen LogP contribution is -2.06. The number of hydrogen-bond donors (Lipinski definition) is 1. The van der Waals surface area contributed by atoms with Gasteiger partial charge in [0.1, 0.15) is 36.0 Å². The molecule has 0 saturated heterocycles. The lowest BCUT2D eigenvalue weighted by molar-refractivity contribution is 0.0691. The van der Waals surface area contributed by atoms with E-state index < -0.39 is 5.97 Å². The number of carboxylic acid groups (broad SMARTS) is 1. The summed E-state index contributed by atoms with van der Waals surface area (Å²) in [5.74, 6) is 0.555. The molecule has 0 radical (unpaired) electrons. The van der Waals surface area contributed by atoms with Crippen molar-refractivity contribution >= 4 is 16.9 Å². The van der Waals surface area contributed by atoms with Crippen molar-refractivity contribution in [3.05, 3.63) is 95.2 Å². The molecule has 168 valence electrons. The Kier molecular flexibility index (Phi) is 6.74. The zero-order valence-electron chi connectivity index (χ0n) is 18.6. The molecule has 0 amide bonds. The van der Waals surface area contributed by atoms with E-state index >= 15 is 0 Å². The topological polar surface area (TPSA) is 77.9 Å². The van der Waals surface area contributed by atoms with Crippen LogP contribution in [0, 0.1) is 6.92 Å². The first kappa shape index (κ1) is 22.1. The van der Waals surface area contributed by atoms with Crippen molar-refractivity contribution in [2.75, 3.05) is 6.61 Å². The molecule has 6 nitrogen and oxygen atoms in total. The first-order valence-corrected chi connectivity index (χ1v) is 10.7. The van der Waals surface area contributed by atoms with Crippen molar-refractivity contribution in [1.29, 1.82) is 0 Å². The molecule has 3 aromatic carbocycles. The summed E-state index contributed by atoms with van der Waals surface area (Å²) in [5, 5.41) is 10.5. The van der Waals surface area contributed by atoms with Gasteiger partial charge in [-0.15, -0.1) is 0 Å². The standard InChI is InChI=1S/C27H25NO5/c1-3-31-25-15-23(13-18(2)26(25)27(29)30)32-16-19-7-6-9-22(14-19)33-17-21-12-11-20-8-4-5-10-24(20)28-21/h4-15H,3,16-17H2,1-2H3,(H,29,30). The Morgan fingerprint density at radius 1 is 0.879 bits per heavy atom. The summed E-state index contributed by atoms with van der Waals surface area (Å²) < 4.78 is 17.4. The van der Waals surface area contributed by atoms with E-state index in [9.17, 15) is 9.90 Å². The number of aryl methyl sites for hydroxylation is 1. The Morgan fingerprint density at radius 2 is 1.70 bits per heavy atom. The van der Waals surface area contributed by atoms with Crippen LogP contribution in [0.1, 0.15) is 34.1 Å². The number of carboxylic acids is 1. The minimum absolute atomic E-state index is 0.155. The third-order valence-electron chi connectivity index (χ3n) is 5.13. The van der Waals surface area contributed by atoms with Crippen molar-refractivity contribution in [2.45, 2.75) is 27.1 Å². The van der Waals surface area contributed by atoms with Gasteiger partial charge in [-0.1, -0.05) is 36.4 Å². The van der Waals surface area contributed by atoms with Crippen LogP contribution in [0.2, 0.25) is 0 Å². The van der Waals surface area contributed by atoms with Gasteiger partial charge in [0.25, 0.3) is 0 Å². The number of para-hydroxylation sites is 1. The van der Waals surface area contributed by atoms with Gasteiger partial charge in [-0.25, -0.2) is 9.78 Å². The van der Waals surface area contributed by atoms with Crippen LogP contribution < -0.4 is 14.2 Å². The smallest absolute Gasteiger partial charge is 0.339 e. The van der Waals surface area contributed by atoms with Gasteiger partial charge in [-0.05, 0) is 55.3 Å². The maximum absolute atomic E-state index is 11.5. The van der Waals surface area contributed by atoms with Crippen LogP contribution in [-0.4, -0.2) is 22.7 Å². The van der Waals surface area contributed by atoms with E-state index in [4.69, 9.17) is 14.2 Å². The van der Waals surface area contributed by atoms with Crippen molar-refractivity contribution < 1.29 is 24.1 Å². The van der Waals surface area contributed by atoms with Gasteiger partial charge in [-0.3, -0.25) is 0 Å². The second-order valence-corrected chi connectivity index (χ2v) is 7.57. The third-order valence-corrected chi connectivity index (χ3v) is 5.13. The SMILES string of the molecule is CCOc1cc(OCc2cccc(OCc3ccc4ccccc4n3)c2)cc(C)c1C(=O)O. The van der Waals surface area contributed by atoms with Crippen LogP contribution in [-0.2, 0) is 13.2 Å². The van der Waals surface area contributed by atoms with Gasteiger partial charge in [0.2, 0.25) is 0 Å². The molecule has 33 heavy (non-hydrogen) atoms. The molecule has 0 unspecified atom stereocenters. The number of hydrogen-bond acceptors (Lipinski definition) is 5. The van der Waals surface area contributed by atoms with E-state index in [1.54, 1.807) is 19.1 Å². The highest BCUT2D eigenvalue weighted by molar-refractivity contribution is 5.93. The zero-order chi connectivity index (χ0) is 23.2. The molecule has 0 bridgehead atoms. The summed E-state index contributed by atoms with van der Waals surface area (Å²) in [7, 11) is 0. The highest BCUT2D eigenvalue weighted by Gasteiger charge is 2.16. The molecule has 4 rings (SSSR count). The normalized spacial score (nSPS) is 10.7. The van der Waals surface area contributed by atoms with Crippen LogP contribution in [0.4, 0.5) is 0 Å². The number of pyridine rings is 1. The molecule has 1 heterocycles. The van der Waals surface area contributed by atoms with Gasteiger partial charge in [-0.2, -0.15) is 0 Å². The van der Waals surface area contributed by atoms with E-state index in [-0.39, 0.29) is 5.56 Å². The highest BCUT2D eigenvalue weighted by Crippen LogP contribution is 2.29. The molecule has 0 aliphatic carbocycles. The predicted molar refractivity (Wildman–Crippen MR) is 126 cm³/mol. The van der Waals surface area contributed by atoms with Crippen LogP contribution in [0.15, 0.2) is 72.8 Å². The summed E-state index contributed by atoms with van der Waals surface area (Å²) >= 11 is 0. The summed E-state index contributed by atoms with van der Waals surface area (Å²) in [5.41, 5.74) is 3.46. The molecule has 0 spiro atoms. The van der Waals surface area contributed by atoms with Crippen LogP contribution in [0.25, 0.3) is 10.9 Å². The van der Waals surface area contributed by atoms with Crippen molar-refractivity contribution in [1.82, 2.24) is 4.98 Å². The van der Waals surface area contributed by atoms with E-state index in [0.717, 1.165) is 27.9 Å². The van der Waals surface area contributed by atoms with E-state index in [0.29, 0.717) is 36.9 Å². The molecule has 0 aliphatic rings. The van der Waals surface area contributed by atoms with E-state index in [1.807, 2.05) is 67.6 Å². The van der Waals surface area contributed by atoms with Gasteiger partial charge < -0.3 is 19.3 Å². The van der Waals surface area contributed by atoms with Gasteiger partial charge in [0.05, 0.1) is 17.8 Å². The van der Waals surface area contributed by atoms with E-state index in [2.05, 4.69) is 4.98 Å². The molecule has 0 fully saturated rings. The fraction of sp³-hybridized carbons (Fsp3) is 0.185. The number of rotatable bonds is 9. The van der Waals surface area contributed by atoms with Gasteiger partial charge in [0.15, 0.2) is 0 Å². The highest BCUT2D eigenvalue weighted by atomic mass is 16.5. The fourth-order valence-corrected chi connectivity index (χ4v) is 3.59. The second kappa shape index (κ2) is 10.0. The quantitative estimate of drug-likeness (QED) is 0.352. The number of nitrogens with zero attached hydrogens (tertiary/aromatic N) is 1. The summed E-state index contributed by atoms with van der Waals surface area (Å²) in [6, 6.07) is 23.0. The largest absolute Gasteiger partial charge is 0.493 e. The van der Waals surface area contributed by atoms with Gasteiger partial charge in [0, 0.05) is 11.5 Å². The van der Waals surface area contributed by atoms with Crippen molar-refractivity contribution in [3.63, 3.8) is 0 Å². The number of benzene rings is 3. The average Bonchev–Trinajstić information content (AvgIpc) is 2.81. The Hall–Kier alpha value is -4.06. The fourth-order valence-electron chi connectivity index (χ4n) is 3.59. The number of fused-ring (bicyclic) bond motifs is 1. The first-order valence-electron chi connectivity index (χ1n) is 10.7. The molecule has 6 heteroatoms. The predicted octanol–water partition coefficient (Wildman–Crippen LogP) is 5.80. The maximum atomic E-state index is 11.5. The molecular weight excluding hydrogens is 418 g/mol. The number of aromatic nitrogens is 1. The van der Waals surface area contributed by atoms with Crippen molar-refractivity contribution in [3.8, 4) is 17.2 Å². The average molecular weight is 443 g/mol. The Bertz CT molecular complexity index is 1280. The first-order chi connectivity index (χ1) is 16.0. The van der Waals surface area contributed by atoms with E-state index in [1.165, 1.54) is 0 Å². The minimum Gasteiger partial charge on any atom is -0.493 e. The summed E-state index contributed by atoms with van der Waals surface area (Å²) in [6.45, 7) is 4.59.